The molecule has 1 heterocycles. The highest BCUT2D eigenvalue weighted by Crippen LogP contribution is 2.22. The van der Waals surface area contributed by atoms with Gasteiger partial charge in [0.1, 0.15) is 5.75 Å². The average molecular weight is 390 g/mol. The molecule has 0 atom stereocenters. The SMILES string of the molecule is CN(Cc1ccc(OC(F)F)cc1)Cc1nnc(-c2ccc([N+](=O)[O-])cc2)o1. The van der Waals surface area contributed by atoms with Crippen LogP contribution in [0.25, 0.3) is 11.5 Å². The molecular weight excluding hydrogens is 374 g/mol. The van der Waals surface area contributed by atoms with Crippen LogP contribution in [0.15, 0.2) is 52.9 Å². The van der Waals surface area contributed by atoms with Gasteiger partial charge in [0, 0.05) is 24.2 Å². The van der Waals surface area contributed by atoms with Gasteiger partial charge in [-0.1, -0.05) is 12.1 Å². The first-order valence-corrected chi connectivity index (χ1v) is 8.20. The summed E-state index contributed by atoms with van der Waals surface area (Å²) in [5.41, 5.74) is 1.47. The van der Waals surface area contributed by atoms with Crippen LogP contribution < -0.4 is 4.74 Å². The number of non-ortho nitro benzene ring substituents is 1. The number of benzene rings is 2. The number of aromatic nitrogens is 2. The molecule has 28 heavy (non-hydrogen) atoms. The molecule has 3 aromatic rings. The van der Waals surface area contributed by atoms with Gasteiger partial charge in [0.2, 0.25) is 11.8 Å². The second kappa shape index (κ2) is 8.53. The Morgan fingerprint density at radius 3 is 2.39 bits per heavy atom. The topological polar surface area (TPSA) is 94.5 Å². The average Bonchev–Trinajstić information content (AvgIpc) is 3.11. The summed E-state index contributed by atoms with van der Waals surface area (Å²) in [5.74, 6) is 0.756. The highest BCUT2D eigenvalue weighted by Gasteiger charge is 2.13. The molecule has 0 saturated heterocycles. The molecule has 146 valence electrons. The molecule has 1 aromatic heterocycles. The van der Waals surface area contributed by atoms with E-state index in [1.165, 1.54) is 24.3 Å². The van der Waals surface area contributed by atoms with Crippen LogP contribution >= 0.6 is 0 Å². The number of ether oxygens (including phenoxy) is 1. The Bertz CT molecular complexity index is 930. The van der Waals surface area contributed by atoms with Gasteiger partial charge in [0.25, 0.3) is 5.69 Å². The minimum Gasteiger partial charge on any atom is -0.435 e. The smallest absolute Gasteiger partial charge is 0.387 e. The van der Waals surface area contributed by atoms with Crippen LogP contribution in [-0.4, -0.2) is 33.7 Å². The van der Waals surface area contributed by atoms with Crippen molar-refractivity contribution >= 4 is 5.69 Å². The minimum absolute atomic E-state index is 0.0202. The van der Waals surface area contributed by atoms with Crippen molar-refractivity contribution in [2.45, 2.75) is 19.7 Å². The number of nitro benzene ring substituents is 1. The standard InChI is InChI=1S/C18H16F2N4O4/c1-23(10-12-2-8-15(9-3-12)27-18(19)20)11-16-21-22-17(28-16)13-4-6-14(7-5-13)24(25)26/h2-9,18H,10-11H2,1H3. The summed E-state index contributed by atoms with van der Waals surface area (Å²) in [7, 11) is 1.85. The summed E-state index contributed by atoms with van der Waals surface area (Å²) in [6, 6.07) is 12.2. The molecule has 0 saturated carbocycles. The van der Waals surface area contributed by atoms with Gasteiger partial charge in [-0.2, -0.15) is 8.78 Å². The maximum absolute atomic E-state index is 12.2. The third-order valence-corrected chi connectivity index (χ3v) is 3.80. The van der Waals surface area contributed by atoms with E-state index in [0.29, 0.717) is 24.5 Å². The number of hydrogen-bond donors (Lipinski definition) is 0. The lowest BCUT2D eigenvalue weighted by Gasteiger charge is -2.14. The molecule has 0 aliphatic carbocycles. The third kappa shape index (κ3) is 5.07. The Hall–Kier alpha value is -3.40. The Balaban J connectivity index is 1.59. The van der Waals surface area contributed by atoms with Gasteiger partial charge >= 0.3 is 6.61 Å². The maximum Gasteiger partial charge on any atom is 0.387 e. The van der Waals surface area contributed by atoms with E-state index >= 15 is 0 Å². The van der Waals surface area contributed by atoms with E-state index < -0.39 is 11.5 Å². The molecule has 0 aliphatic rings. The van der Waals surface area contributed by atoms with Crippen molar-refractivity contribution in [2.75, 3.05) is 7.05 Å². The van der Waals surface area contributed by atoms with Crippen LogP contribution in [0.1, 0.15) is 11.5 Å². The molecule has 0 radical (unpaired) electrons. The summed E-state index contributed by atoms with van der Waals surface area (Å²) in [5, 5.41) is 18.6. The lowest BCUT2D eigenvalue weighted by atomic mass is 10.2. The number of halogens is 2. The van der Waals surface area contributed by atoms with E-state index in [9.17, 15) is 18.9 Å². The highest BCUT2D eigenvalue weighted by molar-refractivity contribution is 5.55. The van der Waals surface area contributed by atoms with Gasteiger partial charge in [-0.15, -0.1) is 10.2 Å². The zero-order chi connectivity index (χ0) is 20.1. The first-order chi connectivity index (χ1) is 13.4. The zero-order valence-electron chi connectivity index (χ0n) is 14.8. The van der Waals surface area contributed by atoms with Gasteiger partial charge in [-0.25, -0.2) is 0 Å². The molecule has 0 amide bonds. The second-order valence-electron chi connectivity index (χ2n) is 6.00. The molecule has 0 N–H and O–H groups in total. The molecule has 0 aliphatic heterocycles. The number of nitrogens with zero attached hydrogens (tertiary/aromatic N) is 4. The molecule has 0 fully saturated rings. The largest absolute Gasteiger partial charge is 0.435 e. The van der Waals surface area contributed by atoms with Crippen LogP contribution in [0.3, 0.4) is 0 Å². The Kier molecular flexibility index (Phi) is 5.90. The monoisotopic (exact) mass is 390 g/mol. The number of rotatable bonds is 8. The number of hydrogen-bond acceptors (Lipinski definition) is 7. The first kappa shape index (κ1) is 19.4. The lowest BCUT2D eigenvalue weighted by Crippen LogP contribution is -2.17. The molecule has 8 nitrogen and oxygen atoms in total. The predicted molar refractivity (Wildman–Crippen MR) is 94.6 cm³/mol. The second-order valence-corrected chi connectivity index (χ2v) is 6.00. The quantitative estimate of drug-likeness (QED) is 0.425. The van der Waals surface area contributed by atoms with Crippen molar-refractivity contribution < 1.29 is 22.9 Å². The van der Waals surface area contributed by atoms with Gasteiger partial charge in [-0.05, 0) is 36.9 Å². The fourth-order valence-corrected chi connectivity index (χ4v) is 2.53. The zero-order valence-corrected chi connectivity index (χ0v) is 14.8. The molecule has 10 heteroatoms. The third-order valence-electron chi connectivity index (χ3n) is 3.80. The van der Waals surface area contributed by atoms with E-state index in [0.717, 1.165) is 5.56 Å². The molecule has 0 spiro atoms. The number of nitro groups is 1. The molecule has 0 bridgehead atoms. The van der Waals surface area contributed by atoms with Gasteiger partial charge in [-0.3, -0.25) is 15.0 Å². The van der Waals surface area contributed by atoms with Crippen molar-refractivity contribution in [3.05, 3.63) is 70.1 Å². The fourth-order valence-electron chi connectivity index (χ4n) is 2.53. The number of alkyl halides is 2. The molecule has 2 aromatic carbocycles. The Labute approximate surface area is 158 Å². The van der Waals surface area contributed by atoms with E-state index in [1.807, 2.05) is 11.9 Å². The highest BCUT2D eigenvalue weighted by atomic mass is 19.3. The molecule has 3 rings (SSSR count). The first-order valence-electron chi connectivity index (χ1n) is 8.20. The van der Waals surface area contributed by atoms with E-state index in [1.54, 1.807) is 24.3 Å². The summed E-state index contributed by atoms with van der Waals surface area (Å²) < 4.78 is 34.3. The van der Waals surface area contributed by atoms with Crippen molar-refractivity contribution in [3.8, 4) is 17.2 Å². The van der Waals surface area contributed by atoms with Crippen LogP contribution in [0.2, 0.25) is 0 Å². The minimum atomic E-state index is -2.85. The van der Waals surface area contributed by atoms with E-state index in [4.69, 9.17) is 4.42 Å². The van der Waals surface area contributed by atoms with Gasteiger partial charge in [0.05, 0.1) is 11.5 Å². The lowest BCUT2D eigenvalue weighted by molar-refractivity contribution is -0.384. The summed E-state index contributed by atoms with van der Waals surface area (Å²) in [4.78, 5) is 12.1. The molecular formula is C18H16F2N4O4. The van der Waals surface area contributed by atoms with Crippen LogP contribution in [0.4, 0.5) is 14.5 Å². The fraction of sp³-hybridized carbons (Fsp3) is 0.222. The van der Waals surface area contributed by atoms with Gasteiger partial charge in [0.15, 0.2) is 0 Å². The predicted octanol–water partition coefficient (Wildman–Crippen LogP) is 3.88. The maximum atomic E-state index is 12.2. The summed E-state index contributed by atoms with van der Waals surface area (Å²) >= 11 is 0. The van der Waals surface area contributed by atoms with E-state index in [2.05, 4.69) is 14.9 Å². The van der Waals surface area contributed by atoms with Crippen LogP contribution in [0.5, 0.6) is 5.75 Å². The van der Waals surface area contributed by atoms with Crippen molar-refractivity contribution in [1.29, 1.82) is 0 Å². The van der Waals surface area contributed by atoms with Crippen molar-refractivity contribution in [1.82, 2.24) is 15.1 Å². The Morgan fingerprint density at radius 2 is 1.79 bits per heavy atom. The molecule has 0 unspecified atom stereocenters. The van der Waals surface area contributed by atoms with Crippen LogP contribution in [0, 0.1) is 10.1 Å². The van der Waals surface area contributed by atoms with E-state index in [-0.39, 0.29) is 17.3 Å². The van der Waals surface area contributed by atoms with Gasteiger partial charge < -0.3 is 9.15 Å². The van der Waals surface area contributed by atoms with Crippen molar-refractivity contribution in [3.63, 3.8) is 0 Å². The normalized spacial score (nSPS) is 11.2. The summed E-state index contributed by atoms with van der Waals surface area (Å²) in [6.07, 6.45) is 0. The Morgan fingerprint density at radius 1 is 1.11 bits per heavy atom. The summed E-state index contributed by atoms with van der Waals surface area (Å²) in [6.45, 7) is -1.95. The van der Waals surface area contributed by atoms with Crippen molar-refractivity contribution in [2.24, 2.45) is 0 Å². The van der Waals surface area contributed by atoms with Crippen LogP contribution in [-0.2, 0) is 13.1 Å².